The van der Waals surface area contributed by atoms with E-state index in [1.807, 2.05) is 109 Å². The average molecular weight is 514 g/mol. The second-order valence-corrected chi connectivity index (χ2v) is 7.68. The quantitative estimate of drug-likeness (QED) is 0.253. The summed E-state index contributed by atoms with van der Waals surface area (Å²) in [6.07, 6.45) is 7.07. The van der Waals surface area contributed by atoms with Crippen molar-refractivity contribution < 1.29 is 21.7 Å². The summed E-state index contributed by atoms with van der Waals surface area (Å²) in [4.78, 5) is 26.4. The van der Waals surface area contributed by atoms with Crippen LogP contribution in [0.2, 0.25) is 0 Å². The summed E-state index contributed by atoms with van der Waals surface area (Å²) in [5.74, 6) is 0. The Balaban J connectivity index is 0.000000168. The number of hydrogen-bond donors (Lipinski definition) is 0. The maximum Gasteiger partial charge on any atom is 0.0894 e. The summed E-state index contributed by atoms with van der Waals surface area (Å²) in [5.41, 5.74) is 6.92. The summed E-state index contributed by atoms with van der Waals surface area (Å²) in [5, 5.41) is 0. The molecule has 176 valence electrons. The molecule has 0 aromatic carbocycles. The maximum atomic E-state index is 4.59. The van der Waals surface area contributed by atoms with E-state index in [1.165, 1.54) is 0 Å². The number of aromatic nitrogens is 6. The van der Waals surface area contributed by atoms with Crippen LogP contribution >= 0.6 is 0 Å². The van der Waals surface area contributed by atoms with Crippen LogP contribution in [0.15, 0.2) is 134 Å². The van der Waals surface area contributed by atoms with Crippen LogP contribution in [0.3, 0.4) is 0 Å². The van der Waals surface area contributed by atoms with Gasteiger partial charge in [0.05, 0.1) is 45.6 Å². The number of nitrogens with zero attached hydrogens (tertiary/aromatic N) is 6. The molecule has 6 heterocycles. The van der Waals surface area contributed by atoms with E-state index in [0.717, 1.165) is 45.6 Å². The molecule has 37 heavy (non-hydrogen) atoms. The Kier molecular flexibility index (Phi) is 9.08. The molecule has 6 aromatic rings. The Morgan fingerprint density at radius 1 is 0.270 bits per heavy atom. The zero-order valence-electron chi connectivity index (χ0n) is 19.9. The van der Waals surface area contributed by atoms with Gasteiger partial charge in [-0.2, -0.15) is 0 Å². The third kappa shape index (κ3) is 6.85. The number of rotatable bonds is 4. The molecule has 0 saturated carbocycles. The Labute approximate surface area is 230 Å². The summed E-state index contributed by atoms with van der Waals surface area (Å²) < 4.78 is 0. The van der Waals surface area contributed by atoms with Crippen molar-refractivity contribution in [3.05, 3.63) is 134 Å². The van der Waals surface area contributed by atoms with Crippen LogP contribution < -0.4 is 0 Å². The van der Waals surface area contributed by atoms with Crippen LogP contribution in [0, 0.1) is 0 Å². The molecule has 0 saturated heterocycles. The minimum atomic E-state index is 0. The van der Waals surface area contributed by atoms with E-state index in [1.54, 1.807) is 24.8 Å². The second-order valence-electron chi connectivity index (χ2n) is 7.68. The third-order valence-corrected chi connectivity index (χ3v) is 5.21. The van der Waals surface area contributed by atoms with E-state index in [-0.39, 0.29) is 21.7 Å². The molecular formula is C30H22N6Ti. The minimum Gasteiger partial charge on any atom is -0.255 e. The topological polar surface area (TPSA) is 77.3 Å². The van der Waals surface area contributed by atoms with E-state index in [0.29, 0.717) is 0 Å². The molecule has 0 fully saturated rings. The van der Waals surface area contributed by atoms with Crippen molar-refractivity contribution in [2.75, 3.05) is 0 Å². The molecule has 0 unspecified atom stereocenters. The van der Waals surface area contributed by atoms with Gasteiger partial charge in [-0.1, -0.05) is 36.4 Å². The van der Waals surface area contributed by atoms with Gasteiger partial charge in [0.25, 0.3) is 0 Å². The Hall–Kier alpha value is -4.39. The molecule has 0 aliphatic carbocycles. The fraction of sp³-hybridized carbons (Fsp3) is 0. The first-order valence-electron chi connectivity index (χ1n) is 11.5. The van der Waals surface area contributed by atoms with Gasteiger partial charge in [0.15, 0.2) is 0 Å². The fourth-order valence-electron chi connectivity index (χ4n) is 3.50. The molecule has 6 aromatic heterocycles. The van der Waals surface area contributed by atoms with Crippen molar-refractivity contribution in [1.29, 1.82) is 0 Å². The van der Waals surface area contributed by atoms with Gasteiger partial charge in [0.1, 0.15) is 0 Å². The van der Waals surface area contributed by atoms with Crippen LogP contribution in [-0.2, 0) is 21.7 Å². The third-order valence-electron chi connectivity index (χ3n) is 5.21. The van der Waals surface area contributed by atoms with E-state index in [2.05, 4.69) is 29.9 Å². The molecule has 6 nitrogen and oxygen atoms in total. The molecule has 0 aliphatic heterocycles. The number of pyridine rings is 6. The average Bonchev–Trinajstić information content (AvgIpc) is 2.99. The van der Waals surface area contributed by atoms with E-state index in [9.17, 15) is 0 Å². The van der Waals surface area contributed by atoms with Gasteiger partial charge in [-0.3, -0.25) is 19.9 Å². The van der Waals surface area contributed by atoms with Crippen molar-refractivity contribution in [1.82, 2.24) is 29.9 Å². The molecule has 0 bridgehead atoms. The van der Waals surface area contributed by atoms with Gasteiger partial charge in [-0.05, 0) is 72.8 Å². The SMILES string of the molecule is [Ti].c1ccc(-c2cccc(-c3ccccn3)n2)nc1.c1ccc(-c2cccc(-c3ccccn3)n2)nc1. The largest absolute Gasteiger partial charge is 0.255 e. The molecule has 0 N–H and O–H groups in total. The van der Waals surface area contributed by atoms with Crippen molar-refractivity contribution in [2.45, 2.75) is 0 Å². The van der Waals surface area contributed by atoms with E-state index >= 15 is 0 Å². The molecule has 0 spiro atoms. The van der Waals surface area contributed by atoms with Gasteiger partial charge in [-0.15, -0.1) is 0 Å². The fourth-order valence-corrected chi connectivity index (χ4v) is 3.50. The molecule has 7 heteroatoms. The summed E-state index contributed by atoms with van der Waals surface area (Å²) in [6, 6.07) is 35.0. The van der Waals surface area contributed by atoms with Crippen molar-refractivity contribution in [3.8, 4) is 45.6 Å². The maximum absolute atomic E-state index is 4.59. The molecule has 0 aliphatic rings. The molecule has 0 radical (unpaired) electrons. The van der Waals surface area contributed by atoms with Crippen LogP contribution in [0.4, 0.5) is 0 Å². The van der Waals surface area contributed by atoms with E-state index < -0.39 is 0 Å². The van der Waals surface area contributed by atoms with Crippen molar-refractivity contribution in [2.24, 2.45) is 0 Å². The summed E-state index contributed by atoms with van der Waals surface area (Å²) >= 11 is 0. The molecule has 0 amide bonds. The predicted octanol–water partition coefficient (Wildman–Crippen LogP) is 6.41. The first-order chi connectivity index (χ1) is 17.9. The summed E-state index contributed by atoms with van der Waals surface area (Å²) in [6.45, 7) is 0. The van der Waals surface area contributed by atoms with Crippen LogP contribution in [0.1, 0.15) is 0 Å². The normalized spacial score (nSPS) is 9.95. The predicted molar refractivity (Wildman–Crippen MR) is 141 cm³/mol. The Morgan fingerprint density at radius 3 is 0.730 bits per heavy atom. The Morgan fingerprint density at radius 2 is 0.514 bits per heavy atom. The Bertz CT molecular complexity index is 1290. The smallest absolute Gasteiger partial charge is 0.0894 e. The van der Waals surface area contributed by atoms with Crippen LogP contribution in [-0.4, -0.2) is 29.9 Å². The monoisotopic (exact) mass is 514 g/mol. The standard InChI is InChI=1S/2C15H11N3.Ti/c2*1-3-10-16-12(6-1)14-8-5-9-15(18-14)13-7-2-4-11-17-13;/h2*1-11H;. The first kappa shape index (κ1) is 25.7. The minimum absolute atomic E-state index is 0. The molecule has 6 rings (SSSR count). The van der Waals surface area contributed by atoms with Gasteiger partial charge in [0.2, 0.25) is 0 Å². The van der Waals surface area contributed by atoms with Gasteiger partial charge in [0, 0.05) is 46.5 Å². The van der Waals surface area contributed by atoms with Gasteiger partial charge >= 0.3 is 0 Å². The van der Waals surface area contributed by atoms with Gasteiger partial charge < -0.3 is 0 Å². The zero-order chi connectivity index (χ0) is 24.4. The molecule has 0 atom stereocenters. The van der Waals surface area contributed by atoms with E-state index in [4.69, 9.17) is 0 Å². The van der Waals surface area contributed by atoms with Crippen LogP contribution in [0.5, 0.6) is 0 Å². The summed E-state index contributed by atoms with van der Waals surface area (Å²) in [7, 11) is 0. The second kappa shape index (κ2) is 13.1. The zero-order valence-corrected chi connectivity index (χ0v) is 21.4. The van der Waals surface area contributed by atoms with Crippen molar-refractivity contribution in [3.63, 3.8) is 0 Å². The van der Waals surface area contributed by atoms with Crippen molar-refractivity contribution >= 4 is 0 Å². The van der Waals surface area contributed by atoms with Crippen LogP contribution in [0.25, 0.3) is 45.6 Å². The number of hydrogen-bond acceptors (Lipinski definition) is 6. The molecular weight excluding hydrogens is 492 g/mol. The van der Waals surface area contributed by atoms with Gasteiger partial charge in [-0.25, -0.2) is 9.97 Å². The first-order valence-corrected chi connectivity index (χ1v) is 11.5.